The second-order valence-electron chi connectivity index (χ2n) is 4.11. The van der Waals surface area contributed by atoms with Gasteiger partial charge in [-0.05, 0) is 47.2 Å². The number of nitrogens with zero attached hydrogens (tertiary/aromatic N) is 2. The zero-order valence-corrected chi connectivity index (χ0v) is 12.5. The highest BCUT2D eigenvalue weighted by atomic mass is 127. The van der Waals surface area contributed by atoms with Gasteiger partial charge in [0.2, 0.25) is 6.79 Å². The van der Waals surface area contributed by atoms with Crippen molar-refractivity contribution in [1.29, 1.82) is 0 Å². The lowest BCUT2D eigenvalue weighted by Gasteiger charge is -2.08. The van der Waals surface area contributed by atoms with Crippen LogP contribution in [0.4, 0.5) is 5.82 Å². The van der Waals surface area contributed by atoms with Crippen molar-refractivity contribution in [1.82, 2.24) is 9.97 Å². The van der Waals surface area contributed by atoms with Crippen LogP contribution in [0.3, 0.4) is 0 Å². The molecule has 2 aromatic rings. The van der Waals surface area contributed by atoms with Crippen LogP contribution in [-0.2, 0) is 6.42 Å². The predicted octanol–water partition coefficient (Wildman–Crippen LogP) is 2.62. The molecule has 1 aliphatic heterocycles. The average molecular weight is 369 g/mol. The molecular weight excluding hydrogens is 357 g/mol. The maximum Gasteiger partial charge on any atom is 0.231 e. The Morgan fingerprint density at radius 3 is 2.84 bits per heavy atom. The Balaban J connectivity index is 2.09. The molecule has 19 heavy (non-hydrogen) atoms. The van der Waals surface area contributed by atoms with Gasteiger partial charge in [0, 0.05) is 5.56 Å². The number of fused-ring (bicyclic) bond motifs is 1. The molecule has 5 nitrogen and oxygen atoms in total. The van der Waals surface area contributed by atoms with E-state index in [1.54, 1.807) is 0 Å². The summed E-state index contributed by atoms with van der Waals surface area (Å²) in [6.45, 7) is 2.31. The third-order valence-electron chi connectivity index (χ3n) is 2.91. The minimum atomic E-state index is 0.259. The molecule has 0 unspecified atom stereocenters. The molecule has 6 heteroatoms. The van der Waals surface area contributed by atoms with Crippen LogP contribution in [0.1, 0.15) is 12.6 Å². The van der Waals surface area contributed by atoms with E-state index in [1.165, 1.54) is 0 Å². The Labute approximate surface area is 124 Å². The summed E-state index contributed by atoms with van der Waals surface area (Å²) in [7, 11) is 0. The van der Waals surface area contributed by atoms with Crippen LogP contribution in [0, 0.1) is 3.57 Å². The van der Waals surface area contributed by atoms with Gasteiger partial charge in [0.05, 0.1) is 9.26 Å². The number of ether oxygens (including phenoxy) is 2. The third-order valence-corrected chi connectivity index (χ3v) is 4.09. The summed E-state index contributed by atoms with van der Waals surface area (Å²) in [6.07, 6.45) is 0.822. The number of hydrogen-bond acceptors (Lipinski definition) is 5. The molecule has 1 aromatic heterocycles. The smallest absolute Gasteiger partial charge is 0.231 e. The van der Waals surface area contributed by atoms with E-state index in [1.807, 2.05) is 25.1 Å². The van der Waals surface area contributed by atoms with E-state index in [2.05, 4.69) is 32.6 Å². The number of aromatic nitrogens is 2. The molecule has 0 saturated heterocycles. The number of benzene rings is 1. The largest absolute Gasteiger partial charge is 0.454 e. The van der Waals surface area contributed by atoms with Crippen molar-refractivity contribution >= 4 is 28.4 Å². The minimum absolute atomic E-state index is 0.259. The van der Waals surface area contributed by atoms with Crippen molar-refractivity contribution in [3.05, 3.63) is 27.5 Å². The summed E-state index contributed by atoms with van der Waals surface area (Å²) in [4.78, 5) is 8.89. The van der Waals surface area contributed by atoms with E-state index >= 15 is 0 Å². The van der Waals surface area contributed by atoms with Crippen molar-refractivity contribution in [3.8, 4) is 22.9 Å². The van der Waals surface area contributed by atoms with E-state index in [4.69, 9.17) is 15.2 Å². The van der Waals surface area contributed by atoms with Crippen LogP contribution in [0.5, 0.6) is 11.5 Å². The maximum atomic E-state index is 5.93. The molecule has 0 spiro atoms. The number of aryl methyl sites for hydroxylation is 1. The van der Waals surface area contributed by atoms with Crippen molar-refractivity contribution in [3.63, 3.8) is 0 Å². The van der Waals surface area contributed by atoms with Gasteiger partial charge >= 0.3 is 0 Å². The second kappa shape index (κ2) is 4.84. The van der Waals surface area contributed by atoms with Crippen molar-refractivity contribution in [2.45, 2.75) is 13.3 Å². The zero-order valence-electron chi connectivity index (χ0n) is 10.3. The van der Waals surface area contributed by atoms with Crippen LogP contribution < -0.4 is 15.2 Å². The van der Waals surface area contributed by atoms with Crippen LogP contribution >= 0.6 is 22.6 Å². The first-order chi connectivity index (χ1) is 9.19. The van der Waals surface area contributed by atoms with Gasteiger partial charge in [0.1, 0.15) is 5.82 Å². The number of rotatable bonds is 2. The third kappa shape index (κ3) is 2.20. The zero-order chi connectivity index (χ0) is 13.4. The van der Waals surface area contributed by atoms with E-state index in [0.717, 1.165) is 32.7 Å². The fraction of sp³-hybridized carbons (Fsp3) is 0.231. The second-order valence-corrected chi connectivity index (χ2v) is 5.19. The number of anilines is 1. The van der Waals surface area contributed by atoms with Crippen molar-refractivity contribution < 1.29 is 9.47 Å². The monoisotopic (exact) mass is 369 g/mol. The van der Waals surface area contributed by atoms with Crippen LogP contribution in [0.2, 0.25) is 0 Å². The summed E-state index contributed by atoms with van der Waals surface area (Å²) < 4.78 is 11.6. The lowest BCUT2D eigenvalue weighted by atomic mass is 10.2. The highest BCUT2D eigenvalue weighted by Crippen LogP contribution is 2.35. The van der Waals surface area contributed by atoms with Crippen LogP contribution in [0.15, 0.2) is 18.2 Å². The summed E-state index contributed by atoms with van der Waals surface area (Å²) in [6, 6.07) is 5.65. The minimum Gasteiger partial charge on any atom is -0.454 e. The van der Waals surface area contributed by atoms with E-state index in [-0.39, 0.29) is 6.79 Å². The Hall–Kier alpha value is -1.57. The number of nitrogen functional groups attached to an aromatic ring is 1. The molecular formula is C13H12IN3O2. The first-order valence-corrected chi connectivity index (χ1v) is 6.99. The van der Waals surface area contributed by atoms with Crippen LogP contribution in [-0.4, -0.2) is 16.8 Å². The van der Waals surface area contributed by atoms with Crippen LogP contribution in [0.25, 0.3) is 11.4 Å². The molecule has 0 aliphatic carbocycles. The van der Waals surface area contributed by atoms with Gasteiger partial charge in [-0.1, -0.05) is 6.92 Å². The Bertz CT molecular complexity index is 646. The van der Waals surface area contributed by atoms with Gasteiger partial charge < -0.3 is 15.2 Å². The van der Waals surface area contributed by atoms with E-state index in [9.17, 15) is 0 Å². The Morgan fingerprint density at radius 1 is 1.26 bits per heavy atom. The number of hydrogen-bond donors (Lipinski definition) is 1. The fourth-order valence-electron chi connectivity index (χ4n) is 1.91. The number of nitrogens with two attached hydrogens (primary N) is 1. The van der Waals surface area contributed by atoms with Crippen molar-refractivity contribution in [2.24, 2.45) is 0 Å². The molecule has 3 rings (SSSR count). The lowest BCUT2D eigenvalue weighted by molar-refractivity contribution is 0.174. The summed E-state index contributed by atoms with van der Waals surface area (Å²) in [5, 5.41) is 0. The highest BCUT2D eigenvalue weighted by molar-refractivity contribution is 14.1. The standard InChI is InChI=1S/C13H12IN3O2/c1-2-8-11(14)12(15)17-13(16-8)7-3-4-9-10(5-7)19-6-18-9/h3-5H,2,6H2,1H3,(H2,15,16,17). The fourth-order valence-corrected chi connectivity index (χ4v) is 2.53. The summed E-state index contributed by atoms with van der Waals surface area (Å²) >= 11 is 2.18. The van der Waals surface area contributed by atoms with Gasteiger partial charge in [0.25, 0.3) is 0 Å². The van der Waals surface area contributed by atoms with Gasteiger partial charge in [-0.2, -0.15) is 0 Å². The molecule has 2 heterocycles. The first kappa shape index (κ1) is 12.5. The molecule has 0 bridgehead atoms. The molecule has 0 fully saturated rings. The Kier molecular flexibility index (Phi) is 3.17. The molecule has 0 radical (unpaired) electrons. The van der Waals surface area contributed by atoms with Gasteiger partial charge in [-0.25, -0.2) is 9.97 Å². The summed E-state index contributed by atoms with van der Waals surface area (Å²) in [5.41, 5.74) is 7.77. The maximum absolute atomic E-state index is 5.93. The average Bonchev–Trinajstić information content (AvgIpc) is 2.89. The predicted molar refractivity (Wildman–Crippen MR) is 80.1 cm³/mol. The van der Waals surface area contributed by atoms with Crippen molar-refractivity contribution in [2.75, 3.05) is 12.5 Å². The summed E-state index contributed by atoms with van der Waals surface area (Å²) in [5.74, 6) is 2.60. The Morgan fingerprint density at radius 2 is 2.05 bits per heavy atom. The molecule has 1 aromatic carbocycles. The van der Waals surface area contributed by atoms with Gasteiger partial charge in [0.15, 0.2) is 17.3 Å². The lowest BCUT2D eigenvalue weighted by Crippen LogP contribution is -2.04. The SMILES string of the molecule is CCc1nc(-c2ccc3c(c2)OCO3)nc(N)c1I. The number of halogens is 1. The van der Waals surface area contributed by atoms with Gasteiger partial charge in [-0.3, -0.25) is 0 Å². The topological polar surface area (TPSA) is 70.3 Å². The quantitative estimate of drug-likeness (QED) is 0.825. The molecule has 0 amide bonds. The van der Waals surface area contributed by atoms with E-state index < -0.39 is 0 Å². The molecule has 0 atom stereocenters. The first-order valence-electron chi connectivity index (χ1n) is 5.91. The highest BCUT2D eigenvalue weighted by Gasteiger charge is 2.16. The normalized spacial score (nSPS) is 12.7. The van der Waals surface area contributed by atoms with E-state index in [0.29, 0.717) is 11.6 Å². The molecule has 98 valence electrons. The molecule has 2 N–H and O–H groups in total. The van der Waals surface area contributed by atoms with Gasteiger partial charge in [-0.15, -0.1) is 0 Å². The molecule has 1 aliphatic rings. The molecule has 0 saturated carbocycles.